The summed E-state index contributed by atoms with van der Waals surface area (Å²) in [5.74, 6) is 0.579. The Bertz CT molecular complexity index is 747. The van der Waals surface area contributed by atoms with E-state index in [9.17, 15) is 4.79 Å². The van der Waals surface area contributed by atoms with Crippen LogP contribution in [0.25, 0.3) is 10.8 Å². The quantitative estimate of drug-likeness (QED) is 0.579. The highest BCUT2D eigenvalue weighted by Crippen LogP contribution is 2.15. The van der Waals surface area contributed by atoms with E-state index in [1.165, 1.54) is 16.3 Å². The van der Waals surface area contributed by atoms with Crippen LogP contribution in [-0.2, 0) is 11.2 Å². The standard InChI is InChI=1S/C20H28N4O/c1-20(2,3)24-18(25)14-23-19(21-4)22-12-11-15-9-10-16-7-5-6-8-17(16)13-15/h5-10,13H,11-12,14H2,1-4H3,(H,24,25)(H2,21,22,23). The van der Waals surface area contributed by atoms with Gasteiger partial charge in [0.05, 0.1) is 6.54 Å². The molecule has 0 saturated carbocycles. The minimum atomic E-state index is -0.230. The van der Waals surface area contributed by atoms with Crippen molar-refractivity contribution in [2.24, 2.45) is 4.99 Å². The van der Waals surface area contributed by atoms with Gasteiger partial charge in [0.1, 0.15) is 0 Å². The van der Waals surface area contributed by atoms with Crippen LogP contribution in [0.15, 0.2) is 47.5 Å². The molecule has 25 heavy (non-hydrogen) atoms. The molecule has 1 amide bonds. The van der Waals surface area contributed by atoms with Crippen LogP contribution in [-0.4, -0.2) is 37.5 Å². The molecule has 0 radical (unpaired) electrons. The van der Waals surface area contributed by atoms with E-state index in [0.717, 1.165) is 13.0 Å². The van der Waals surface area contributed by atoms with E-state index < -0.39 is 0 Å². The molecule has 0 spiro atoms. The number of hydrogen-bond donors (Lipinski definition) is 3. The first-order chi connectivity index (χ1) is 11.9. The number of benzene rings is 2. The van der Waals surface area contributed by atoms with Gasteiger partial charge in [-0.1, -0.05) is 42.5 Å². The van der Waals surface area contributed by atoms with Gasteiger partial charge in [-0.05, 0) is 43.5 Å². The first kappa shape index (κ1) is 18.8. The topological polar surface area (TPSA) is 65.5 Å². The van der Waals surface area contributed by atoms with Crippen LogP contribution in [0.4, 0.5) is 0 Å². The average Bonchev–Trinajstić information content (AvgIpc) is 2.56. The molecule has 0 bridgehead atoms. The average molecular weight is 340 g/mol. The molecule has 0 unspecified atom stereocenters. The number of nitrogens with zero attached hydrogens (tertiary/aromatic N) is 1. The molecule has 134 valence electrons. The van der Waals surface area contributed by atoms with Gasteiger partial charge in [-0.25, -0.2) is 0 Å². The number of hydrogen-bond acceptors (Lipinski definition) is 2. The van der Waals surface area contributed by atoms with Crippen LogP contribution >= 0.6 is 0 Å². The van der Waals surface area contributed by atoms with Gasteiger partial charge in [0.2, 0.25) is 5.91 Å². The molecule has 2 rings (SSSR count). The number of amides is 1. The summed E-state index contributed by atoms with van der Waals surface area (Å²) in [7, 11) is 1.70. The zero-order valence-corrected chi connectivity index (χ0v) is 15.5. The lowest BCUT2D eigenvalue weighted by Gasteiger charge is -2.21. The lowest BCUT2D eigenvalue weighted by Crippen LogP contribution is -2.48. The molecule has 0 aliphatic rings. The van der Waals surface area contributed by atoms with Gasteiger partial charge in [0.15, 0.2) is 5.96 Å². The molecule has 0 aliphatic carbocycles. The van der Waals surface area contributed by atoms with E-state index in [1.54, 1.807) is 7.05 Å². The Morgan fingerprint density at radius 3 is 2.44 bits per heavy atom. The summed E-state index contributed by atoms with van der Waals surface area (Å²) in [6.45, 7) is 6.83. The van der Waals surface area contributed by atoms with E-state index in [2.05, 4.69) is 63.4 Å². The van der Waals surface area contributed by atoms with E-state index in [1.807, 2.05) is 20.8 Å². The van der Waals surface area contributed by atoms with Crippen LogP contribution in [0.5, 0.6) is 0 Å². The monoisotopic (exact) mass is 340 g/mol. The van der Waals surface area contributed by atoms with E-state index >= 15 is 0 Å². The van der Waals surface area contributed by atoms with Crippen molar-refractivity contribution in [3.05, 3.63) is 48.0 Å². The van der Waals surface area contributed by atoms with Gasteiger partial charge >= 0.3 is 0 Å². The molecule has 5 nitrogen and oxygen atoms in total. The number of aliphatic imine (C=N–C) groups is 1. The predicted octanol–water partition coefficient (Wildman–Crippen LogP) is 2.46. The van der Waals surface area contributed by atoms with Gasteiger partial charge < -0.3 is 16.0 Å². The normalized spacial score (nSPS) is 12.1. The van der Waals surface area contributed by atoms with Crippen molar-refractivity contribution in [2.75, 3.05) is 20.1 Å². The number of nitrogens with one attached hydrogen (secondary N) is 3. The van der Waals surface area contributed by atoms with Crippen molar-refractivity contribution in [1.29, 1.82) is 0 Å². The molecular weight excluding hydrogens is 312 g/mol. The molecule has 3 N–H and O–H groups in total. The fraction of sp³-hybridized carbons (Fsp3) is 0.400. The SMILES string of the molecule is CN=C(NCCc1ccc2ccccc2c1)NCC(=O)NC(C)(C)C. The Morgan fingerprint density at radius 1 is 1.04 bits per heavy atom. The molecular formula is C20H28N4O. The van der Waals surface area contributed by atoms with Crippen molar-refractivity contribution in [2.45, 2.75) is 32.7 Å². The van der Waals surface area contributed by atoms with Crippen LogP contribution in [0.1, 0.15) is 26.3 Å². The molecule has 2 aromatic rings. The minimum Gasteiger partial charge on any atom is -0.356 e. The van der Waals surface area contributed by atoms with Gasteiger partial charge in [0, 0.05) is 19.1 Å². The summed E-state index contributed by atoms with van der Waals surface area (Å²) >= 11 is 0. The summed E-state index contributed by atoms with van der Waals surface area (Å²) in [4.78, 5) is 16.0. The Labute approximate surface area is 149 Å². The van der Waals surface area contributed by atoms with Crippen molar-refractivity contribution in [3.63, 3.8) is 0 Å². The van der Waals surface area contributed by atoms with Gasteiger partial charge in [0.25, 0.3) is 0 Å². The highest BCUT2D eigenvalue weighted by molar-refractivity contribution is 5.86. The maximum absolute atomic E-state index is 11.8. The molecule has 0 heterocycles. The highest BCUT2D eigenvalue weighted by atomic mass is 16.2. The van der Waals surface area contributed by atoms with Crippen molar-refractivity contribution < 1.29 is 4.79 Å². The first-order valence-electron chi connectivity index (χ1n) is 8.60. The first-order valence-corrected chi connectivity index (χ1v) is 8.60. The highest BCUT2D eigenvalue weighted by Gasteiger charge is 2.13. The summed E-state index contributed by atoms with van der Waals surface area (Å²) in [5, 5.41) is 11.7. The molecule has 0 atom stereocenters. The zero-order chi connectivity index (χ0) is 18.3. The fourth-order valence-corrected chi connectivity index (χ4v) is 2.57. The second-order valence-electron chi connectivity index (χ2n) is 7.08. The fourth-order valence-electron chi connectivity index (χ4n) is 2.57. The molecule has 2 aromatic carbocycles. The largest absolute Gasteiger partial charge is 0.356 e. The third kappa shape index (κ3) is 6.45. The summed E-state index contributed by atoms with van der Waals surface area (Å²) in [5.41, 5.74) is 1.04. The smallest absolute Gasteiger partial charge is 0.239 e. The Balaban J connectivity index is 1.79. The van der Waals surface area contributed by atoms with Crippen molar-refractivity contribution >= 4 is 22.6 Å². The zero-order valence-electron chi connectivity index (χ0n) is 15.5. The van der Waals surface area contributed by atoms with Crippen LogP contribution in [0.2, 0.25) is 0 Å². The van der Waals surface area contributed by atoms with Gasteiger partial charge in [-0.3, -0.25) is 9.79 Å². The van der Waals surface area contributed by atoms with Crippen LogP contribution in [0.3, 0.4) is 0 Å². The summed E-state index contributed by atoms with van der Waals surface area (Å²) in [6, 6.07) is 14.9. The molecule has 0 saturated heterocycles. The van der Waals surface area contributed by atoms with Crippen LogP contribution in [0, 0.1) is 0 Å². The predicted molar refractivity (Wildman–Crippen MR) is 105 cm³/mol. The number of rotatable bonds is 5. The second-order valence-corrected chi connectivity index (χ2v) is 7.08. The number of carbonyl (C=O) groups is 1. The number of fused-ring (bicyclic) bond motifs is 1. The lowest BCUT2D eigenvalue weighted by molar-refractivity contribution is -0.121. The Kier molecular flexibility index (Phi) is 6.39. The molecule has 0 aliphatic heterocycles. The molecule has 0 aromatic heterocycles. The van der Waals surface area contributed by atoms with Gasteiger partial charge in [-0.2, -0.15) is 0 Å². The van der Waals surface area contributed by atoms with Crippen molar-refractivity contribution in [1.82, 2.24) is 16.0 Å². The maximum Gasteiger partial charge on any atom is 0.239 e. The second kappa shape index (κ2) is 8.51. The molecule has 5 heteroatoms. The third-order valence-corrected chi connectivity index (χ3v) is 3.67. The summed E-state index contributed by atoms with van der Waals surface area (Å²) < 4.78 is 0. The Morgan fingerprint density at radius 2 is 1.76 bits per heavy atom. The van der Waals surface area contributed by atoms with Crippen molar-refractivity contribution in [3.8, 4) is 0 Å². The summed E-state index contributed by atoms with van der Waals surface area (Å²) in [6.07, 6.45) is 0.889. The van der Waals surface area contributed by atoms with Gasteiger partial charge in [-0.15, -0.1) is 0 Å². The van der Waals surface area contributed by atoms with E-state index in [4.69, 9.17) is 0 Å². The van der Waals surface area contributed by atoms with E-state index in [0.29, 0.717) is 5.96 Å². The maximum atomic E-state index is 11.8. The van der Waals surface area contributed by atoms with Crippen LogP contribution < -0.4 is 16.0 Å². The molecule has 0 fully saturated rings. The number of guanidine groups is 1. The van der Waals surface area contributed by atoms with E-state index in [-0.39, 0.29) is 18.0 Å². The lowest BCUT2D eigenvalue weighted by atomic mass is 10.1. The Hall–Kier alpha value is -2.56. The minimum absolute atomic E-state index is 0.0509. The number of carbonyl (C=O) groups excluding carboxylic acids is 1. The third-order valence-electron chi connectivity index (χ3n) is 3.67.